The van der Waals surface area contributed by atoms with Crippen molar-refractivity contribution >= 4 is 5.91 Å². The Hall–Kier alpha value is -0.610. The van der Waals surface area contributed by atoms with Crippen LogP contribution in [0.5, 0.6) is 0 Å². The van der Waals surface area contributed by atoms with Crippen LogP contribution in [0.3, 0.4) is 0 Å². The van der Waals surface area contributed by atoms with Crippen molar-refractivity contribution in [2.75, 3.05) is 19.7 Å². The standard InChI is InChI=1S/C19H40N2O2/c1-8-16(13-15(2)3)14-21-17(22)18(4,5)10-12-23-19(6,7)9-11-20/h15-16H,8-14,20H2,1-7H3,(H,21,22). The first kappa shape index (κ1) is 22.4. The largest absolute Gasteiger partial charge is 0.375 e. The third-order valence-corrected chi connectivity index (χ3v) is 4.51. The molecule has 0 aromatic rings. The number of hydrogen-bond acceptors (Lipinski definition) is 3. The maximum Gasteiger partial charge on any atom is 0.225 e. The molecule has 0 aromatic heterocycles. The lowest BCUT2D eigenvalue weighted by Gasteiger charge is -2.29. The Morgan fingerprint density at radius 2 is 1.78 bits per heavy atom. The highest BCUT2D eigenvalue weighted by Crippen LogP contribution is 2.23. The molecule has 4 heteroatoms. The van der Waals surface area contributed by atoms with Gasteiger partial charge in [0, 0.05) is 18.6 Å². The van der Waals surface area contributed by atoms with Gasteiger partial charge in [0.1, 0.15) is 0 Å². The van der Waals surface area contributed by atoms with Crippen LogP contribution in [0.1, 0.15) is 74.1 Å². The number of carbonyl (C=O) groups excluding carboxylic acids is 1. The van der Waals surface area contributed by atoms with Crippen LogP contribution in [-0.4, -0.2) is 31.2 Å². The van der Waals surface area contributed by atoms with Crippen LogP contribution in [0.25, 0.3) is 0 Å². The minimum absolute atomic E-state index is 0.125. The van der Waals surface area contributed by atoms with Crippen LogP contribution in [-0.2, 0) is 9.53 Å². The SMILES string of the molecule is CCC(CNC(=O)C(C)(C)CCOC(C)(C)CCN)CC(C)C. The van der Waals surface area contributed by atoms with Crippen molar-refractivity contribution in [3.8, 4) is 0 Å². The van der Waals surface area contributed by atoms with Crippen LogP contribution in [0.15, 0.2) is 0 Å². The summed E-state index contributed by atoms with van der Waals surface area (Å²) in [5, 5.41) is 3.14. The summed E-state index contributed by atoms with van der Waals surface area (Å²) in [6.07, 6.45) is 3.81. The zero-order valence-electron chi connectivity index (χ0n) is 16.5. The number of ether oxygens (including phenoxy) is 1. The van der Waals surface area contributed by atoms with Gasteiger partial charge < -0.3 is 15.8 Å². The molecule has 0 saturated heterocycles. The number of amides is 1. The maximum absolute atomic E-state index is 12.5. The number of carbonyl (C=O) groups is 1. The molecule has 1 amide bonds. The van der Waals surface area contributed by atoms with Crippen molar-refractivity contribution < 1.29 is 9.53 Å². The van der Waals surface area contributed by atoms with E-state index in [9.17, 15) is 4.79 Å². The van der Waals surface area contributed by atoms with Gasteiger partial charge in [0.25, 0.3) is 0 Å². The van der Waals surface area contributed by atoms with Gasteiger partial charge in [-0.25, -0.2) is 0 Å². The highest BCUT2D eigenvalue weighted by Gasteiger charge is 2.29. The van der Waals surface area contributed by atoms with E-state index in [1.54, 1.807) is 0 Å². The summed E-state index contributed by atoms with van der Waals surface area (Å²) in [5.41, 5.74) is 4.97. The Morgan fingerprint density at radius 3 is 2.26 bits per heavy atom. The van der Waals surface area contributed by atoms with Gasteiger partial charge in [-0.15, -0.1) is 0 Å². The second kappa shape index (κ2) is 10.3. The van der Waals surface area contributed by atoms with Crippen LogP contribution in [0.2, 0.25) is 0 Å². The summed E-state index contributed by atoms with van der Waals surface area (Å²) >= 11 is 0. The van der Waals surface area contributed by atoms with Crippen LogP contribution < -0.4 is 11.1 Å². The lowest BCUT2D eigenvalue weighted by atomic mass is 9.87. The Kier molecular flexibility index (Phi) is 10.0. The minimum Gasteiger partial charge on any atom is -0.375 e. The molecule has 0 heterocycles. The van der Waals surface area contributed by atoms with Crippen molar-refractivity contribution in [2.45, 2.75) is 79.8 Å². The van der Waals surface area contributed by atoms with E-state index in [4.69, 9.17) is 10.5 Å². The second-order valence-electron chi connectivity index (χ2n) is 8.39. The fourth-order valence-electron chi connectivity index (χ4n) is 2.65. The van der Waals surface area contributed by atoms with Gasteiger partial charge >= 0.3 is 0 Å². The van der Waals surface area contributed by atoms with Crippen molar-refractivity contribution in [1.82, 2.24) is 5.32 Å². The highest BCUT2D eigenvalue weighted by atomic mass is 16.5. The molecule has 1 unspecified atom stereocenters. The Balaban J connectivity index is 4.28. The van der Waals surface area contributed by atoms with E-state index in [1.165, 1.54) is 0 Å². The zero-order chi connectivity index (χ0) is 18.1. The van der Waals surface area contributed by atoms with Gasteiger partial charge in [-0.2, -0.15) is 0 Å². The lowest BCUT2D eigenvalue weighted by molar-refractivity contribution is -0.131. The molecule has 0 radical (unpaired) electrons. The number of hydrogen-bond donors (Lipinski definition) is 2. The average Bonchev–Trinajstić information content (AvgIpc) is 2.41. The molecule has 0 rings (SSSR count). The summed E-state index contributed by atoms with van der Waals surface area (Å²) in [6.45, 7) is 16.7. The first-order chi connectivity index (χ1) is 10.5. The molecular formula is C19H40N2O2. The molecule has 0 aliphatic carbocycles. The molecule has 4 nitrogen and oxygen atoms in total. The first-order valence-corrected chi connectivity index (χ1v) is 9.16. The highest BCUT2D eigenvalue weighted by molar-refractivity contribution is 5.81. The molecular weight excluding hydrogens is 288 g/mol. The van der Waals surface area contributed by atoms with E-state index >= 15 is 0 Å². The molecule has 0 fully saturated rings. The van der Waals surface area contributed by atoms with Gasteiger partial charge in [0.2, 0.25) is 5.91 Å². The van der Waals surface area contributed by atoms with Crippen molar-refractivity contribution in [2.24, 2.45) is 23.0 Å². The van der Waals surface area contributed by atoms with Gasteiger partial charge in [-0.3, -0.25) is 4.79 Å². The molecule has 0 aliphatic heterocycles. The molecule has 23 heavy (non-hydrogen) atoms. The topological polar surface area (TPSA) is 64.3 Å². The van der Waals surface area contributed by atoms with Crippen molar-refractivity contribution in [3.05, 3.63) is 0 Å². The van der Waals surface area contributed by atoms with Gasteiger partial charge in [0.15, 0.2) is 0 Å². The van der Waals surface area contributed by atoms with Crippen molar-refractivity contribution in [3.63, 3.8) is 0 Å². The molecule has 3 N–H and O–H groups in total. The minimum atomic E-state index is -0.408. The molecule has 1 atom stereocenters. The Bertz CT molecular complexity index is 338. The third kappa shape index (κ3) is 9.98. The molecule has 0 saturated carbocycles. The summed E-state index contributed by atoms with van der Waals surface area (Å²) in [4.78, 5) is 12.5. The van der Waals surface area contributed by atoms with E-state index in [2.05, 4.69) is 26.1 Å². The number of rotatable bonds is 12. The Morgan fingerprint density at radius 1 is 1.17 bits per heavy atom. The van der Waals surface area contributed by atoms with Crippen LogP contribution in [0.4, 0.5) is 0 Å². The predicted octanol–water partition coefficient (Wildman–Crippen LogP) is 3.74. The normalized spacial score (nSPS) is 14.1. The second-order valence-corrected chi connectivity index (χ2v) is 8.39. The van der Waals surface area contributed by atoms with Gasteiger partial charge in [-0.05, 0) is 51.5 Å². The fourth-order valence-corrected chi connectivity index (χ4v) is 2.65. The number of nitrogens with one attached hydrogen (secondary N) is 1. The quantitative estimate of drug-likeness (QED) is 0.573. The molecule has 0 aliphatic rings. The van der Waals surface area contributed by atoms with E-state index in [0.29, 0.717) is 31.4 Å². The molecule has 0 aromatic carbocycles. The van der Waals surface area contributed by atoms with E-state index < -0.39 is 5.41 Å². The number of nitrogens with two attached hydrogens (primary N) is 1. The molecule has 0 bridgehead atoms. The van der Waals surface area contributed by atoms with E-state index in [-0.39, 0.29) is 11.5 Å². The van der Waals surface area contributed by atoms with E-state index in [1.807, 2.05) is 27.7 Å². The van der Waals surface area contributed by atoms with Crippen LogP contribution in [0, 0.1) is 17.3 Å². The monoisotopic (exact) mass is 328 g/mol. The molecule has 0 spiro atoms. The Labute approximate surface area is 143 Å². The maximum atomic E-state index is 12.5. The first-order valence-electron chi connectivity index (χ1n) is 9.16. The fraction of sp³-hybridized carbons (Fsp3) is 0.947. The van der Waals surface area contributed by atoms with Gasteiger partial charge in [-0.1, -0.05) is 41.0 Å². The summed E-state index contributed by atoms with van der Waals surface area (Å²) in [5.74, 6) is 1.36. The summed E-state index contributed by atoms with van der Waals surface area (Å²) in [6, 6.07) is 0. The third-order valence-electron chi connectivity index (χ3n) is 4.51. The lowest BCUT2D eigenvalue weighted by Crippen LogP contribution is -2.40. The average molecular weight is 329 g/mol. The predicted molar refractivity (Wildman–Crippen MR) is 98.3 cm³/mol. The van der Waals surface area contributed by atoms with Crippen LogP contribution >= 0.6 is 0 Å². The van der Waals surface area contributed by atoms with Crippen molar-refractivity contribution in [1.29, 1.82) is 0 Å². The summed E-state index contributed by atoms with van der Waals surface area (Å²) < 4.78 is 5.90. The summed E-state index contributed by atoms with van der Waals surface area (Å²) in [7, 11) is 0. The zero-order valence-corrected chi connectivity index (χ0v) is 16.5. The van der Waals surface area contributed by atoms with Gasteiger partial charge in [0.05, 0.1) is 5.60 Å². The smallest absolute Gasteiger partial charge is 0.225 e. The van der Waals surface area contributed by atoms with E-state index in [0.717, 1.165) is 25.8 Å². The molecule has 138 valence electrons.